The third kappa shape index (κ3) is 11.3. The molecule has 2 aromatic carbocycles. The van der Waals surface area contributed by atoms with Gasteiger partial charge >= 0.3 is 0 Å². The van der Waals surface area contributed by atoms with Crippen LogP contribution in [0.25, 0.3) is 0 Å². The van der Waals surface area contributed by atoms with Gasteiger partial charge in [-0.3, -0.25) is 9.59 Å². The van der Waals surface area contributed by atoms with E-state index < -0.39 is 0 Å². The number of carbonyl (C=O) groups excluding carboxylic acids is 2. The van der Waals surface area contributed by atoms with Crippen molar-refractivity contribution in [3.8, 4) is 0 Å². The molecular formula is C22H29ClO2. The summed E-state index contributed by atoms with van der Waals surface area (Å²) in [5, 5.41) is -0.269. The van der Waals surface area contributed by atoms with Crippen molar-refractivity contribution in [2.24, 2.45) is 11.8 Å². The second kappa shape index (κ2) is 12.4. The van der Waals surface area contributed by atoms with Gasteiger partial charge < -0.3 is 0 Å². The average Bonchev–Trinajstić information content (AvgIpc) is 2.56. The Hall–Kier alpha value is -1.93. The quantitative estimate of drug-likeness (QED) is 0.479. The fraction of sp³-hybridized carbons (Fsp3) is 0.364. The van der Waals surface area contributed by atoms with Crippen molar-refractivity contribution in [3.05, 3.63) is 71.3 Å². The molecule has 0 atom stereocenters. The Morgan fingerprint density at radius 1 is 0.720 bits per heavy atom. The lowest BCUT2D eigenvalue weighted by atomic mass is 10.0. The number of rotatable bonds is 3. The highest BCUT2D eigenvalue weighted by atomic mass is 35.5. The van der Waals surface area contributed by atoms with Gasteiger partial charge in [-0.2, -0.15) is 0 Å². The van der Waals surface area contributed by atoms with Gasteiger partial charge in [-0.25, -0.2) is 0 Å². The van der Waals surface area contributed by atoms with Crippen LogP contribution in [0, 0.1) is 25.7 Å². The van der Waals surface area contributed by atoms with Gasteiger partial charge in [0.2, 0.25) is 5.24 Å². The Kier molecular flexibility index (Phi) is 11.5. The molecule has 0 aliphatic carbocycles. The number of carbonyl (C=O) groups is 2. The van der Waals surface area contributed by atoms with Crippen LogP contribution in [0.2, 0.25) is 0 Å². The van der Waals surface area contributed by atoms with E-state index in [1.54, 1.807) is 13.8 Å². The van der Waals surface area contributed by atoms with E-state index in [0.717, 1.165) is 5.56 Å². The number of ketones is 1. The van der Waals surface area contributed by atoms with Gasteiger partial charge in [-0.1, -0.05) is 93.4 Å². The SMILES string of the molecule is CC(C)C(=O)Cl.Cc1ccc(C(=O)C(C)C)cc1.Cc1ccccc1. The van der Waals surface area contributed by atoms with E-state index in [-0.39, 0.29) is 22.9 Å². The van der Waals surface area contributed by atoms with Crippen molar-refractivity contribution in [2.75, 3.05) is 0 Å². The molecule has 0 aliphatic rings. The summed E-state index contributed by atoms with van der Waals surface area (Å²) in [4.78, 5) is 21.4. The molecule has 0 saturated heterocycles. The summed E-state index contributed by atoms with van der Waals surface area (Å²) >= 11 is 4.97. The highest BCUT2D eigenvalue weighted by Crippen LogP contribution is 2.09. The first-order valence-corrected chi connectivity index (χ1v) is 8.84. The highest BCUT2D eigenvalue weighted by molar-refractivity contribution is 6.63. The molecule has 136 valence electrons. The van der Waals surface area contributed by atoms with Crippen LogP contribution in [0.5, 0.6) is 0 Å². The molecule has 2 rings (SSSR count). The minimum absolute atomic E-state index is 0.0216. The maximum Gasteiger partial charge on any atom is 0.224 e. The summed E-state index contributed by atoms with van der Waals surface area (Å²) < 4.78 is 0. The summed E-state index contributed by atoms with van der Waals surface area (Å²) in [6, 6.07) is 18.0. The molecule has 25 heavy (non-hydrogen) atoms. The van der Waals surface area contributed by atoms with Gasteiger partial charge in [0.05, 0.1) is 0 Å². The minimum atomic E-state index is -0.269. The molecule has 0 spiro atoms. The van der Waals surface area contributed by atoms with Crippen LogP contribution < -0.4 is 0 Å². The molecule has 0 N–H and O–H groups in total. The Morgan fingerprint density at radius 3 is 1.40 bits per heavy atom. The molecule has 3 heteroatoms. The Labute approximate surface area is 157 Å². The van der Waals surface area contributed by atoms with Crippen molar-refractivity contribution >= 4 is 22.6 Å². The largest absolute Gasteiger partial charge is 0.294 e. The second-order valence-corrected chi connectivity index (χ2v) is 6.87. The monoisotopic (exact) mass is 360 g/mol. The lowest BCUT2D eigenvalue weighted by molar-refractivity contribution is -0.114. The smallest absolute Gasteiger partial charge is 0.224 e. The van der Waals surface area contributed by atoms with Gasteiger partial charge in [0.1, 0.15) is 0 Å². The van der Waals surface area contributed by atoms with E-state index in [2.05, 4.69) is 19.1 Å². The number of Topliss-reactive ketones (excluding diaryl/α,β-unsaturated/α-hetero) is 1. The van der Waals surface area contributed by atoms with Crippen LogP contribution >= 0.6 is 11.6 Å². The van der Waals surface area contributed by atoms with Gasteiger partial charge in [0.25, 0.3) is 0 Å². The molecule has 0 aromatic heterocycles. The van der Waals surface area contributed by atoms with E-state index in [4.69, 9.17) is 11.6 Å². The summed E-state index contributed by atoms with van der Waals surface area (Å²) in [7, 11) is 0. The van der Waals surface area contributed by atoms with Gasteiger partial charge in [-0.15, -0.1) is 0 Å². The van der Waals surface area contributed by atoms with Crippen molar-refractivity contribution < 1.29 is 9.59 Å². The Bertz CT molecular complexity index is 629. The molecule has 0 heterocycles. The maximum atomic E-state index is 11.5. The van der Waals surface area contributed by atoms with Crippen LogP contribution in [0.3, 0.4) is 0 Å². The Balaban J connectivity index is 0.000000378. The first-order chi connectivity index (χ1) is 11.6. The predicted octanol–water partition coefficient (Wildman–Crippen LogP) is 6.24. The number of hydrogen-bond donors (Lipinski definition) is 0. The maximum absolute atomic E-state index is 11.5. The predicted molar refractivity (Wildman–Crippen MR) is 107 cm³/mol. The number of halogens is 1. The highest BCUT2D eigenvalue weighted by Gasteiger charge is 2.08. The molecule has 0 saturated carbocycles. The number of benzene rings is 2. The third-order valence-electron chi connectivity index (χ3n) is 3.25. The standard InChI is InChI=1S/C11H14O.C7H8.C4H7ClO/c1-8(2)11(12)10-6-4-9(3)5-7-10;1-7-5-3-2-4-6-7;1-3(2)4(5)6/h4-8H,1-3H3;2-6H,1H3;3H,1-2H3. The van der Waals surface area contributed by atoms with E-state index in [1.807, 2.05) is 63.2 Å². The van der Waals surface area contributed by atoms with E-state index >= 15 is 0 Å². The summed E-state index contributed by atoms with van der Waals surface area (Å²) in [5.41, 5.74) is 3.33. The topological polar surface area (TPSA) is 34.1 Å². The Morgan fingerprint density at radius 2 is 1.12 bits per heavy atom. The van der Waals surface area contributed by atoms with Gasteiger partial charge in [0.15, 0.2) is 5.78 Å². The first kappa shape index (κ1) is 23.1. The van der Waals surface area contributed by atoms with Gasteiger partial charge in [0, 0.05) is 17.4 Å². The lowest BCUT2D eigenvalue weighted by Crippen LogP contribution is -2.06. The summed E-state index contributed by atoms with van der Waals surface area (Å²) in [6.45, 7) is 11.5. The first-order valence-electron chi connectivity index (χ1n) is 8.47. The fourth-order valence-electron chi connectivity index (χ4n) is 1.59. The van der Waals surface area contributed by atoms with Crippen molar-refractivity contribution in [2.45, 2.75) is 41.5 Å². The third-order valence-corrected chi connectivity index (χ3v) is 3.69. The number of aryl methyl sites for hydroxylation is 2. The molecule has 0 bridgehead atoms. The zero-order valence-corrected chi connectivity index (χ0v) is 16.8. The zero-order chi connectivity index (χ0) is 19.4. The average molecular weight is 361 g/mol. The molecule has 0 amide bonds. The van der Waals surface area contributed by atoms with Crippen LogP contribution in [0.4, 0.5) is 0 Å². The summed E-state index contributed by atoms with van der Waals surface area (Å²) in [6.07, 6.45) is 0. The molecule has 0 fully saturated rings. The van der Waals surface area contributed by atoms with Crippen LogP contribution in [0.15, 0.2) is 54.6 Å². The zero-order valence-electron chi connectivity index (χ0n) is 16.0. The van der Waals surface area contributed by atoms with Crippen LogP contribution in [-0.4, -0.2) is 11.0 Å². The normalized spacial score (nSPS) is 9.64. The molecule has 0 aliphatic heterocycles. The van der Waals surface area contributed by atoms with Gasteiger partial charge in [-0.05, 0) is 25.4 Å². The summed E-state index contributed by atoms with van der Waals surface area (Å²) in [5.74, 6) is 0.286. The molecule has 0 radical (unpaired) electrons. The van der Waals surface area contributed by atoms with Crippen molar-refractivity contribution in [1.29, 1.82) is 0 Å². The lowest BCUT2D eigenvalue weighted by Gasteiger charge is -2.03. The molecule has 0 unspecified atom stereocenters. The molecular weight excluding hydrogens is 332 g/mol. The molecule has 2 nitrogen and oxygen atoms in total. The number of hydrogen-bond acceptors (Lipinski definition) is 2. The van der Waals surface area contributed by atoms with Crippen molar-refractivity contribution in [1.82, 2.24) is 0 Å². The van der Waals surface area contributed by atoms with E-state index in [1.165, 1.54) is 11.1 Å². The van der Waals surface area contributed by atoms with Crippen LogP contribution in [0.1, 0.15) is 49.2 Å². The van der Waals surface area contributed by atoms with E-state index in [9.17, 15) is 9.59 Å². The van der Waals surface area contributed by atoms with E-state index in [0.29, 0.717) is 0 Å². The minimum Gasteiger partial charge on any atom is -0.294 e. The molecule has 2 aromatic rings. The van der Waals surface area contributed by atoms with Crippen molar-refractivity contribution in [3.63, 3.8) is 0 Å². The second-order valence-electron chi connectivity index (χ2n) is 6.50. The fourth-order valence-corrected chi connectivity index (χ4v) is 1.59. The van der Waals surface area contributed by atoms with Crippen LogP contribution in [-0.2, 0) is 4.79 Å².